The summed E-state index contributed by atoms with van der Waals surface area (Å²) in [4.78, 5) is 42.0. The van der Waals surface area contributed by atoms with Crippen LogP contribution in [0.2, 0.25) is 0 Å². The Balaban J connectivity index is 1.67. The molecule has 2 aromatic rings. The van der Waals surface area contributed by atoms with E-state index in [-0.39, 0.29) is 29.1 Å². The Morgan fingerprint density at radius 3 is 2.59 bits per heavy atom. The molecule has 8 nitrogen and oxygen atoms in total. The number of halogens is 1. The molecule has 0 radical (unpaired) electrons. The second-order valence-corrected chi connectivity index (χ2v) is 9.24. The molecule has 2 atom stereocenters. The van der Waals surface area contributed by atoms with Crippen LogP contribution in [-0.2, 0) is 27.2 Å². The zero-order chi connectivity index (χ0) is 25.0. The molecule has 0 fully saturated rings. The Labute approximate surface area is 197 Å². The van der Waals surface area contributed by atoms with Gasteiger partial charge in [-0.1, -0.05) is 6.07 Å². The molecule has 0 saturated heterocycles. The van der Waals surface area contributed by atoms with Crippen LogP contribution in [0, 0.1) is 11.2 Å². The van der Waals surface area contributed by atoms with Gasteiger partial charge in [0.15, 0.2) is 11.4 Å². The Morgan fingerprint density at radius 2 is 1.91 bits per heavy atom. The van der Waals surface area contributed by atoms with Gasteiger partial charge in [-0.25, -0.2) is 14.2 Å². The molecule has 1 N–H and O–H groups in total. The molecule has 34 heavy (non-hydrogen) atoms. The zero-order valence-electron chi connectivity index (χ0n) is 19.9. The monoisotopic (exact) mass is 472 g/mol. The predicted octanol–water partition coefficient (Wildman–Crippen LogP) is 3.40. The number of nitrogens with one attached hydrogen (secondary N) is 1. The minimum absolute atomic E-state index is 0.126. The number of carbonyl (C=O) groups excluding carboxylic acids is 3. The van der Waals surface area contributed by atoms with E-state index in [1.165, 1.54) is 38.4 Å². The molecule has 182 valence electrons. The summed E-state index contributed by atoms with van der Waals surface area (Å²) in [5.74, 6) is -2.16. The number of rotatable bonds is 6. The number of aryl methyl sites for hydroxylation is 1. The molecule has 1 aliphatic carbocycles. The van der Waals surface area contributed by atoms with E-state index < -0.39 is 29.3 Å². The van der Waals surface area contributed by atoms with E-state index in [1.807, 2.05) is 0 Å². The van der Waals surface area contributed by atoms with Crippen LogP contribution in [0.4, 0.5) is 4.39 Å². The fraction of sp³-hybridized carbons (Fsp3) is 0.440. The van der Waals surface area contributed by atoms with Crippen LogP contribution < -0.4 is 14.8 Å². The van der Waals surface area contributed by atoms with Crippen LogP contribution in [0.3, 0.4) is 0 Å². The van der Waals surface area contributed by atoms with Gasteiger partial charge in [0.05, 0.1) is 12.5 Å². The van der Waals surface area contributed by atoms with E-state index in [1.54, 1.807) is 26.8 Å². The number of fused-ring (bicyclic) bond motifs is 1. The lowest BCUT2D eigenvalue weighted by atomic mass is 9.89. The molecule has 1 heterocycles. The third-order valence-electron chi connectivity index (χ3n) is 5.45. The molecule has 1 amide bonds. The van der Waals surface area contributed by atoms with Crippen molar-refractivity contribution in [2.75, 3.05) is 7.11 Å². The molecular weight excluding hydrogens is 443 g/mol. The molecule has 1 aromatic heterocycles. The number of amides is 1. The summed E-state index contributed by atoms with van der Waals surface area (Å²) in [7, 11) is 1.38. The summed E-state index contributed by atoms with van der Waals surface area (Å²) in [6.45, 7) is 6.52. The standard InChI is InChI=1S/C25H29FN2O6/c1-14(23(30)33-18-9-7-15-12-17(26)8-6-16(15)13-18)28-22(29)20-21(19(32-5)10-11-27-20)34-24(31)25(2,3)4/h6,8,10-12,14,18H,7,9,13H2,1-5H3,(H,28,29)/t14-,18?/m0/s1. The molecule has 0 aliphatic heterocycles. The smallest absolute Gasteiger partial charge is 0.328 e. The number of benzene rings is 1. The van der Waals surface area contributed by atoms with Gasteiger partial charge in [-0.05, 0) is 63.8 Å². The quantitative estimate of drug-likeness (QED) is 0.643. The second kappa shape index (κ2) is 10.2. The van der Waals surface area contributed by atoms with Gasteiger partial charge in [0, 0.05) is 18.7 Å². The van der Waals surface area contributed by atoms with E-state index in [4.69, 9.17) is 14.2 Å². The van der Waals surface area contributed by atoms with E-state index >= 15 is 0 Å². The Kier molecular flexibility index (Phi) is 7.54. The van der Waals surface area contributed by atoms with Crippen LogP contribution in [0.15, 0.2) is 30.5 Å². The van der Waals surface area contributed by atoms with Gasteiger partial charge in [-0.15, -0.1) is 0 Å². The number of methoxy groups -OCH3 is 1. The molecule has 3 rings (SSSR count). The Morgan fingerprint density at radius 1 is 1.18 bits per heavy atom. The van der Waals surface area contributed by atoms with Crippen molar-refractivity contribution in [3.05, 3.63) is 53.1 Å². The molecule has 0 spiro atoms. The summed E-state index contributed by atoms with van der Waals surface area (Å²) in [5.41, 5.74) is 0.837. The fourth-order valence-electron chi connectivity index (χ4n) is 3.48. The maximum Gasteiger partial charge on any atom is 0.328 e. The van der Waals surface area contributed by atoms with Crippen molar-refractivity contribution >= 4 is 17.8 Å². The maximum absolute atomic E-state index is 13.4. The van der Waals surface area contributed by atoms with Gasteiger partial charge in [-0.3, -0.25) is 9.59 Å². The lowest BCUT2D eigenvalue weighted by Crippen LogP contribution is -2.42. The highest BCUT2D eigenvalue weighted by molar-refractivity contribution is 5.98. The third-order valence-corrected chi connectivity index (χ3v) is 5.45. The second-order valence-electron chi connectivity index (χ2n) is 9.24. The molecule has 0 bridgehead atoms. The van der Waals surface area contributed by atoms with Crippen molar-refractivity contribution in [1.82, 2.24) is 10.3 Å². The average Bonchev–Trinajstić information content (AvgIpc) is 2.78. The molecule has 1 aliphatic rings. The minimum Gasteiger partial charge on any atom is -0.493 e. The molecule has 9 heteroatoms. The topological polar surface area (TPSA) is 104 Å². The van der Waals surface area contributed by atoms with E-state index in [0.717, 1.165) is 11.1 Å². The van der Waals surface area contributed by atoms with Gasteiger partial charge >= 0.3 is 11.9 Å². The van der Waals surface area contributed by atoms with Crippen LogP contribution in [0.1, 0.15) is 55.7 Å². The Bertz CT molecular complexity index is 1100. The van der Waals surface area contributed by atoms with E-state index in [2.05, 4.69) is 10.3 Å². The van der Waals surface area contributed by atoms with Gasteiger partial charge in [-0.2, -0.15) is 0 Å². The molecule has 0 saturated carbocycles. The highest BCUT2D eigenvalue weighted by Gasteiger charge is 2.30. The summed E-state index contributed by atoms with van der Waals surface area (Å²) >= 11 is 0. The number of pyridine rings is 1. The number of hydrogen-bond acceptors (Lipinski definition) is 7. The lowest BCUT2D eigenvalue weighted by Gasteiger charge is -2.26. The van der Waals surface area contributed by atoms with Crippen molar-refractivity contribution in [3.8, 4) is 11.5 Å². The van der Waals surface area contributed by atoms with Crippen molar-refractivity contribution < 1.29 is 33.0 Å². The first kappa shape index (κ1) is 25.1. The van der Waals surface area contributed by atoms with Crippen LogP contribution in [0.5, 0.6) is 11.5 Å². The van der Waals surface area contributed by atoms with Crippen LogP contribution in [-0.4, -0.2) is 42.1 Å². The number of carbonyl (C=O) groups is 3. The van der Waals surface area contributed by atoms with E-state index in [9.17, 15) is 18.8 Å². The van der Waals surface area contributed by atoms with Crippen molar-refractivity contribution in [2.24, 2.45) is 5.41 Å². The van der Waals surface area contributed by atoms with Gasteiger partial charge in [0.25, 0.3) is 5.91 Å². The number of nitrogens with zero attached hydrogens (tertiary/aromatic N) is 1. The van der Waals surface area contributed by atoms with Gasteiger partial charge in [0.2, 0.25) is 5.75 Å². The van der Waals surface area contributed by atoms with Crippen molar-refractivity contribution in [2.45, 2.75) is 59.1 Å². The number of ether oxygens (including phenoxy) is 3. The lowest BCUT2D eigenvalue weighted by molar-refractivity contribution is -0.151. The molecule has 1 aromatic carbocycles. The van der Waals surface area contributed by atoms with E-state index in [0.29, 0.717) is 19.3 Å². The largest absolute Gasteiger partial charge is 0.493 e. The molecule has 1 unspecified atom stereocenters. The average molecular weight is 473 g/mol. The van der Waals surface area contributed by atoms with Gasteiger partial charge < -0.3 is 19.5 Å². The fourth-order valence-corrected chi connectivity index (χ4v) is 3.48. The Hall–Kier alpha value is -3.49. The third kappa shape index (κ3) is 5.89. The summed E-state index contributed by atoms with van der Waals surface area (Å²) < 4.78 is 29.6. The van der Waals surface area contributed by atoms with Crippen LogP contribution >= 0.6 is 0 Å². The first-order valence-corrected chi connectivity index (χ1v) is 11.0. The molecular formula is C25H29FN2O6. The van der Waals surface area contributed by atoms with Crippen molar-refractivity contribution in [3.63, 3.8) is 0 Å². The predicted molar refractivity (Wildman–Crippen MR) is 121 cm³/mol. The highest BCUT2D eigenvalue weighted by Crippen LogP contribution is 2.32. The SMILES string of the molecule is COc1ccnc(C(=O)N[C@@H](C)C(=O)OC2CCc3cc(F)ccc3C2)c1OC(=O)C(C)(C)C. The number of aromatic nitrogens is 1. The number of hydrogen-bond donors (Lipinski definition) is 1. The van der Waals surface area contributed by atoms with Crippen molar-refractivity contribution in [1.29, 1.82) is 0 Å². The first-order valence-electron chi connectivity index (χ1n) is 11.0. The normalized spacial score (nSPS) is 16.1. The summed E-state index contributed by atoms with van der Waals surface area (Å²) in [6, 6.07) is 5.07. The summed E-state index contributed by atoms with van der Waals surface area (Å²) in [5, 5.41) is 2.54. The highest BCUT2D eigenvalue weighted by atomic mass is 19.1. The van der Waals surface area contributed by atoms with Crippen LogP contribution in [0.25, 0.3) is 0 Å². The first-order chi connectivity index (χ1) is 16.0. The number of esters is 2. The minimum atomic E-state index is -0.985. The maximum atomic E-state index is 13.4. The van der Waals surface area contributed by atoms with Gasteiger partial charge in [0.1, 0.15) is 18.0 Å². The zero-order valence-corrected chi connectivity index (χ0v) is 19.9. The summed E-state index contributed by atoms with van der Waals surface area (Å²) in [6.07, 6.45) is 2.61.